The Kier molecular flexibility index (Phi) is 5.07. The van der Waals surface area contributed by atoms with E-state index in [1.165, 1.54) is 21.6 Å². The summed E-state index contributed by atoms with van der Waals surface area (Å²) in [5.74, 6) is -0.296. The summed E-state index contributed by atoms with van der Waals surface area (Å²) in [7, 11) is 0. The van der Waals surface area contributed by atoms with E-state index >= 15 is 0 Å². The molecule has 3 heterocycles. The van der Waals surface area contributed by atoms with Gasteiger partial charge in [-0.25, -0.2) is 14.2 Å². The molecule has 1 fully saturated rings. The van der Waals surface area contributed by atoms with Gasteiger partial charge in [0.05, 0.1) is 33.3 Å². The number of nitriles is 1. The van der Waals surface area contributed by atoms with Crippen LogP contribution in [0.5, 0.6) is 5.88 Å². The third-order valence-corrected chi connectivity index (χ3v) is 7.18. The molecule has 1 aromatic heterocycles. The van der Waals surface area contributed by atoms with Gasteiger partial charge in [-0.2, -0.15) is 5.26 Å². The van der Waals surface area contributed by atoms with Crippen LogP contribution in [0.25, 0.3) is 5.69 Å². The first-order chi connectivity index (χ1) is 16.6. The lowest BCUT2D eigenvalue weighted by molar-refractivity contribution is -0.385. The molecule has 2 bridgehead atoms. The van der Waals surface area contributed by atoms with Crippen LogP contribution in [0.4, 0.5) is 16.2 Å². The van der Waals surface area contributed by atoms with Crippen molar-refractivity contribution in [3.05, 3.63) is 78.3 Å². The van der Waals surface area contributed by atoms with E-state index in [4.69, 9.17) is 11.6 Å². The Morgan fingerprint density at radius 1 is 1.31 bits per heavy atom. The van der Waals surface area contributed by atoms with E-state index in [9.17, 15) is 30.1 Å². The lowest BCUT2D eigenvalue weighted by Gasteiger charge is -2.27. The van der Waals surface area contributed by atoms with E-state index in [0.29, 0.717) is 28.9 Å². The molecule has 0 spiro atoms. The van der Waals surface area contributed by atoms with Crippen molar-refractivity contribution in [2.24, 2.45) is 0 Å². The van der Waals surface area contributed by atoms with Crippen LogP contribution >= 0.6 is 11.6 Å². The van der Waals surface area contributed by atoms with Gasteiger partial charge in [0.25, 0.3) is 5.69 Å². The Morgan fingerprint density at radius 2 is 2.06 bits per heavy atom. The molecule has 3 aromatic rings. The van der Waals surface area contributed by atoms with Gasteiger partial charge in [-0.1, -0.05) is 17.7 Å². The van der Waals surface area contributed by atoms with Gasteiger partial charge >= 0.3 is 11.7 Å². The molecular weight excluding hydrogens is 476 g/mol. The van der Waals surface area contributed by atoms with E-state index in [2.05, 4.69) is 5.32 Å². The Labute approximate surface area is 203 Å². The first-order valence-corrected chi connectivity index (χ1v) is 11.1. The topological polar surface area (TPSA) is 146 Å². The van der Waals surface area contributed by atoms with Crippen molar-refractivity contribution in [3.63, 3.8) is 0 Å². The second kappa shape index (κ2) is 7.89. The maximum absolute atomic E-state index is 13.3. The minimum absolute atomic E-state index is 0.106. The number of nitrogens with one attached hydrogen (secondary N) is 1. The number of aromatic nitrogens is 2. The van der Waals surface area contributed by atoms with Gasteiger partial charge in [0.2, 0.25) is 5.88 Å². The predicted octanol–water partition coefficient (Wildman–Crippen LogP) is 3.93. The molecule has 2 aromatic carbocycles. The highest BCUT2D eigenvalue weighted by molar-refractivity contribution is 6.32. The zero-order chi connectivity index (χ0) is 25.2. The third kappa shape index (κ3) is 3.25. The average molecular weight is 495 g/mol. The molecule has 2 aliphatic rings. The summed E-state index contributed by atoms with van der Waals surface area (Å²) < 4.78 is 2.63. The first-order valence-electron chi connectivity index (χ1n) is 10.7. The summed E-state index contributed by atoms with van der Waals surface area (Å²) >= 11 is 6.27. The highest BCUT2D eigenvalue weighted by Gasteiger charge is 2.49. The molecule has 1 saturated heterocycles. The molecule has 2 atom stereocenters. The number of nitro benzene ring substituents is 1. The molecule has 2 unspecified atom stereocenters. The van der Waals surface area contributed by atoms with Gasteiger partial charge in [-0.3, -0.25) is 14.7 Å². The van der Waals surface area contributed by atoms with Crippen LogP contribution < -0.4 is 11.0 Å². The Hall–Kier alpha value is -4.30. The standard InChI is InChI=1S/C23H19ClN6O5/c1-11-3-5-14(7-17(11)30(34)35)26-22(32)27-10-15-8-18(27)20-21(31)29(23(33)28(15)20)16-6-4-13(9-25)19(24)12(16)2/h3-7,15,18,31H,8,10H2,1-2H3,(H,26,32). The Bertz CT molecular complexity index is 1530. The number of carbonyl (C=O) groups is 1. The number of likely N-dealkylation sites (tertiary alicyclic amines) is 1. The number of fused-ring (bicyclic) bond motifs is 5. The number of aromatic hydroxyl groups is 1. The monoisotopic (exact) mass is 494 g/mol. The van der Waals surface area contributed by atoms with Crippen LogP contribution in [0, 0.1) is 35.3 Å². The molecular formula is C23H19ClN6O5. The van der Waals surface area contributed by atoms with Gasteiger partial charge in [0, 0.05) is 23.9 Å². The summed E-state index contributed by atoms with van der Waals surface area (Å²) in [6.07, 6.45) is 0.466. The predicted molar refractivity (Wildman–Crippen MR) is 126 cm³/mol. The number of amides is 2. The maximum atomic E-state index is 13.3. The number of rotatable bonds is 3. The molecule has 0 radical (unpaired) electrons. The van der Waals surface area contributed by atoms with E-state index < -0.39 is 22.7 Å². The Balaban J connectivity index is 1.48. The molecule has 2 N–H and O–H groups in total. The summed E-state index contributed by atoms with van der Waals surface area (Å²) in [5.41, 5.74) is 1.58. The number of halogens is 1. The molecule has 35 heavy (non-hydrogen) atoms. The van der Waals surface area contributed by atoms with Crippen LogP contribution in [0.2, 0.25) is 5.02 Å². The molecule has 11 nitrogen and oxygen atoms in total. The number of benzene rings is 2. The lowest BCUT2D eigenvalue weighted by Crippen LogP contribution is -2.40. The summed E-state index contributed by atoms with van der Waals surface area (Å²) in [6.45, 7) is 3.51. The molecule has 12 heteroatoms. The highest BCUT2D eigenvalue weighted by Crippen LogP contribution is 2.49. The van der Waals surface area contributed by atoms with Crippen molar-refractivity contribution in [2.75, 3.05) is 11.9 Å². The van der Waals surface area contributed by atoms with Crippen LogP contribution in [0.1, 0.15) is 40.9 Å². The van der Waals surface area contributed by atoms with E-state index in [1.807, 2.05) is 6.07 Å². The van der Waals surface area contributed by atoms with Crippen LogP contribution in [0.3, 0.4) is 0 Å². The number of hydrogen-bond donors (Lipinski definition) is 2. The first kappa shape index (κ1) is 22.5. The van der Waals surface area contributed by atoms with Gasteiger partial charge in [0.1, 0.15) is 11.8 Å². The maximum Gasteiger partial charge on any atom is 0.336 e. The second-order valence-corrected chi connectivity index (χ2v) is 9.00. The number of nitro groups is 1. The number of aryl methyl sites for hydroxylation is 1. The van der Waals surface area contributed by atoms with E-state index in [0.717, 1.165) is 4.57 Å². The quantitative estimate of drug-likeness (QED) is 0.416. The third-order valence-electron chi connectivity index (χ3n) is 6.69. The summed E-state index contributed by atoms with van der Waals surface area (Å²) in [6, 6.07) is 8.07. The molecule has 178 valence electrons. The minimum Gasteiger partial charge on any atom is -0.493 e. The van der Waals surface area contributed by atoms with Crippen molar-refractivity contribution in [3.8, 4) is 17.6 Å². The fourth-order valence-corrected chi connectivity index (χ4v) is 5.17. The zero-order valence-electron chi connectivity index (χ0n) is 18.6. The fraction of sp³-hybridized carbons (Fsp3) is 0.261. The van der Waals surface area contributed by atoms with E-state index in [1.54, 1.807) is 32.0 Å². The zero-order valence-corrected chi connectivity index (χ0v) is 19.4. The van der Waals surface area contributed by atoms with Gasteiger partial charge < -0.3 is 15.3 Å². The number of imidazole rings is 1. The number of carbonyl (C=O) groups excluding carboxylic acids is 1. The summed E-state index contributed by atoms with van der Waals surface area (Å²) in [4.78, 5) is 38.5. The van der Waals surface area contributed by atoms with Crippen molar-refractivity contribution in [1.29, 1.82) is 5.26 Å². The van der Waals surface area contributed by atoms with Crippen LogP contribution in [0.15, 0.2) is 35.1 Å². The molecule has 0 aliphatic carbocycles. The summed E-state index contributed by atoms with van der Waals surface area (Å²) in [5, 5.41) is 34.4. The normalized spacial score (nSPS) is 17.8. The molecule has 2 amide bonds. The lowest BCUT2D eigenvalue weighted by atomic mass is 10.1. The van der Waals surface area contributed by atoms with Crippen molar-refractivity contribution >= 4 is 29.0 Å². The van der Waals surface area contributed by atoms with Gasteiger partial charge in [-0.15, -0.1) is 0 Å². The number of anilines is 1. The van der Waals surface area contributed by atoms with Crippen molar-refractivity contribution in [2.45, 2.75) is 32.4 Å². The molecule has 5 rings (SSSR count). The fourth-order valence-electron chi connectivity index (χ4n) is 4.97. The average Bonchev–Trinajstić information content (AvgIpc) is 3.48. The minimum atomic E-state index is -0.552. The van der Waals surface area contributed by atoms with Gasteiger partial charge in [-0.05, 0) is 44.0 Å². The van der Waals surface area contributed by atoms with Crippen molar-refractivity contribution < 1.29 is 14.8 Å². The number of urea groups is 1. The van der Waals surface area contributed by atoms with Crippen LogP contribution in [-0.2, 0) is 0 Å². The largest absolute Gasteiger partial charge is 0.493 e. The second-order valence-electron chi connectivity index (χ2n) is 8.63. The smallest absolute Gasteiger partial charge is 0.336 e. The number of hydrogen-bond acceptors (Lipinski definition) is 6. The van der Waals surface area contributed by atoms with Gasteiger partial charge in [0.15, 0.2) is 0 Å². The molecule has 0 saturated carbocycles. The highest BCUT2D eigenvalue weighted by atomic mass is 35.5. The molecule has 2 aliphatic heterocycles. The van der Waals surface area contributed by atoms with E-state index in [-0.39, 0.29) is 40.4 Å². The van der Waals surface area contributed by atoms with Crippen molar-refractivity contribution in [1.82, 2.24) is 14.0 Å². The van der Waals surface area contributed by atoms with Crippen LogP contribution in [-0.4, -0.2) is 36.6 Å². The number of nitrogens with zero attached hydrogens (tertiary/aromatic N) is 5. The SMILES string of the molecule is Cc1ccc(NC(=O)N2CC3CC2c2c(O)n(-c4ccc(C#N)c(Cl)c4C)c(=O)n23)cc1[N+](=O)[O-]. The Morgan fingerprint density at radius 3 is 2.74 bits per heavy atom.